The number of methoxy groups -OCH3 is 2. The van der Waals surface area contributed by atoms with Crippen molar-refractivity contribution < 1.29 is 32.2 Å². The highest BCUT2D eigenvalue weighted by Crippen LogP contribution is 2.29. The molecule has 0 aliphatic rings. The molecule has 1 aromatic heterocycles. The number of carbonyl (C=O) groups is 1. The van der Waals surface area contributed by atoms with E-state index in [1.807, 2.05) is 24.3 Å². The lowest BCUT2D eigenvalue weighted by molar-refractivity contribution is -0.112. The molecule has 3 aromatic rings. The Kier molecular flexibility index (Phi) is 8.82. The third-order valence-corrected chi connectivity index (χ3v) is 6.07. The first-order valence-corrected chi connectivity index (χ1v) is 12.9. The molecule has 13 heteroatoms. The maximum absolute atomic E-state index is 12.5. The number of amides is 1. The minimum Gasteiger partial charge on any atom is -0.497 e. The quantitative estimate of drug-likeness (QED) is 0.223. The fraction of sp³-hybridized carbons (Fsp3) is 0.217. The molecule has 0 spiro atoms. The molecule has 188 valence electrons. The lowest BCUT2D eigenvalue weighted by Gasteiger charge is -2.12. The van der Waals surface area contributed by atoms with E-state index in [0.717, 1.165) is 6.26 Å². The molecule has 0 bridgehead atoms. The number of benzene rings is 2. The fourth-order valence-corrected chi connectivity index (χ4v) is 4.23. The molecule has 0 saturated carbocycles. The SMILES string of the molecule is COc1cccc(OCCOc2ccc(C=C(C#N)C(=O)Nc3nc(S(C)(=O)=O)ns3)cc2OC)c1. The van der Waals surface area contributed by atoms with Gasteiger partial charge in [0.25, 0.3) is 11.1 Å². The third kappa shape index (κ3) is 7.17. The fourth-order valence-electron chi connectivity index (χ4n) is 2.79. The average Bonchev–Trinajstić information content (AvgIpc) is 3.34. The van der Waals surface area contributed by atoms with Gasteiger partial charge in [0, 0.05) is 23.9 Å². The maximum atomic E-state index is 12.5. The Hall–Kier alpha value is -4.15. The summed E-state index contributed by atoms with van der Waals surface area (Å²) in [5.41, 5.74) is 0.279. The second kappa shape index (κ2) is 12.0. The summed E-state index contributed by atoms with van der Waals surface area (Å²) >= 11 is 0.695. The van der Waals surface area contributed by atoms with Gasteiger partial charge >= 0.3 is 0 Å². The predicted octanol–water partition coefficient (Wildman–Crippen LogP) is 2.96. The number of nitrogens with one attached hydrogen (secondary N) is 1. The number of aromatic nitrogens is 2. The highest BCUT2D eigenvalue weighted by atomic mass is 32.2. The zero-order valence-corrected chi connectivity index (χ0v) is 21.2. The first-order chi connectivity index (χ1) is 17.2. The van der Waals surface area contributed by atoms with E-state index >= 15 is 0 Å². The number of anilines is 1. The Morgan fingerprint density at radius 3 is 2.50 bits per heavy atom. The Bertz CT molecular complexity index is 1410. The minimum atomic E-state index is -3.61. The van der Waals surface area contributed by atoms with Crippen LogP contribution in [0.1, 0.15) is 5.56 Å². The van der Waals surface area contributed by atoms with Crippen LogP contribution in [0.4, 0.5) is 5.13 Å². The van der Waals surface area contributed by atoms with Gasteiger partial charge in [-0.15, -0.1) is 0 Å². The van der Waals surface area contributed by atoms with Crippen molar-refractivity contribution in [2.75, 3.05) is 39.0 Å². The molecule has 3 rings (SSSR count). The average molecular weight is 531 g/mol. The number of nitriles is 1. The van der Waals surface area contributed by atoms with Crippen LogP contribution in [0.3, 0.4) is 0 Å². The van der Waals surface area contributed by atoms with Gasteiger partial charge in [-0.25, -0.2) is 8.42 Å². The molecule has 0 atom stereocenters. The molecule has 0 unspecified atom stereocenters. The van der Waals surface area contributed by atoms with Crippen molar-refractivity contribution in [3.8, 4) is 29.1 Å². The lowest BCUT2D eigenvalue weighted by atomic mass is 10.1. The summed E-state index contributed by atoms with van der Waals surface area (Å²) in [6.45, 7) is 0.523. The number of carbonyl (C=O) groups excluding carboxylic acids is 1. The summed E-state index contributed by atoms with van der Waals surface area (Å²) in [5, 5.41) is 11.4. The molecular weight excluding hydrogens is 508 g/mol. The first-order valence-electron chi connectivity index (χ1n) is 10.3. The molecule has 0 radical (unpaired) electrons. The molecule has 1 amide bonds. The smallest absolute Gasteiger partial charge is 0.268 e. The van der Waals surface area contributed by atoms with Crippen LogP contribution in [-0.4, -0.2) is 57.4 Å². The molecule has 0 aliphatic carbocycles. The van der Waals surface area contributed by atoms with Gasteiger partial charge in [-0.2, -0.15) is 14.6 Å². The van der Waals surface area contributed by atoms with Crippen LogP contribution >= 0.6 is 11.5 Å². The Balaban J connectivity index is 1.63. The van der Waals surface area contributed by atoms with Crippen LogP contribution in [0.5, 0.6) is 23.0 Å². The largest absolute Gasteiger partial charge is 0.497 e. The summed E-state index contributed by atoms with van der Waals surface area (Å²) in [5.74, 6) is 1.42. The van der Waals surface area contributed by atoms with Gasteiger partial charge in [0.2, 0.25) is 15.0 Å². The first kappa shape index (κ1) is 26.5. The van der Waals surface area contributed by atoms with Crippen molar-refractivity contribution in [2.45, 2.75) is 5.16 Å². The van der Waals surface area contributed by atoms with Crippen LogP contribution in [0.2, 0.25) is 0 Å². The summed E-state index contributed by atoms with van der Waals surface area (Å²) < 4.78 is 48.6. The molecule has 0 fully saturated rings. The predicted molar refractivity (Wildman–Crippen MR) is 132 cm³/mol. The van der Waals surface area contributed by atoms with Crippen LogP contribution in [0.15, 0.2) is 53.2 Å². The van der Waals surface area contributed by atoms with Crippen molar-refractivity contribution in [2.24, 2.45) is 0 Å². The van der Waals surface area contributed by atoms with Crippen LogP contribution in [-0.2, 0) is 14.6 Å². The summed E-state index contributed by atoms with van der Waals surface area (Å²) in [6, 6.07) is 13.9. The summed E-state index contributed by atoms with van der Waals surface area (Å²) in [6.07, 6.45) is 2.31. The molecule has 2 aromatic carbocycles. The minimum absolute atomic E-state index is 0.0425. The summed E-state index contributed by atoms with van der Waals surface area (Å²) in [7, 11) is -0.566. The third-order valence-electron chi connectivity index (χ3n) is 4.47. The van der Waals surface area contributed by atoms with Gasteiger partial charge in [-0.1, -0.05) is 12.1 Å². The van der Waals surface area contributed by atoms with Crippen LogP contribution < -0.4 is 24.3 Å². The van der Waals surface area contributed by atoms with E-state index < -0.39 is 20.9 Å². The van der Waals surface area contributed by atoms with Gasteiger partial charge in [-0.05, 0) is 35.9 Å². The van der Waals surface area contributed by atoms with E-state index in [1.165, 1.54) is 13.2 Å². The molecule has 0 saturated heterocycles. The van der Waals surface area contributed by atoms with Gasteiger partial charge < -0.3 is 18.9 Å². The molecule has 1 heterocycles. The van der Waals surface area contributed by atoms with E-state index in [2.05, 4.69) is 14.7 Å². The number of ether oxygens (including phenoxy) is 4. The van der Waals surface area contributed by atoms with E-state index in [9.17, 15) is 18.5 Å². The van der Waals surface area contributed by atoms with Gasteiger partial charge in [0.15, 0.2) is 11.5 Å². The van der Waals surface area contributed by atoms with Crippen molar-refractivity contribution in [3.05, 3.63) is 53.6 Å². The Morgan fingerprint density at radius 2 is 1.83 bits per heavy atom. The monoisotopic (exact) mass is 530 g/mol. The van der Waals surface area contributed by atoms with E-state index in [1.54, 1.807) is 31.4 Å². The highest BCUT2D eigenvalue weighted by Gasteiger charge is 2.17. The van der Waals surface area contributed by atoms with E-state index in [-0.39, 0.29) is 23.9 Å². The summed E-state index contributed by atoms with van der Waals surface area (Å²) in [4.78, 5) is 16.2. The Morgan fingerprint density at radius 1 is 1.08 bits per heavy atom. The van der Waals surface area contributed by atoms with E-state index in [0.29, 0.717) is 40.1 Å². The number of hydrogen-bond donors (Lipinski definition) is 1. The van der Waals surface area contributed by atoms with Gasteiger partial charge in [-0.3, -0.25) is 10.1 Å². The molecule has 0 aliphatic heterocycles. The van der Waals surface area contributed by atoms with E-state index in [4.69, 9.17) is 18.9 Å². The van der Waals surface area contributed by atoms with Crippen LogP contribution in [0, 0.1) is 11.3 Å². The van der Waals surface area contributed by atoms with Crippen molar-refractivity contribution in [3.63, 3.8) is 0 Å². The highest BCUT2D eigenvalue weighted by molar-refractivity contribution is 7.90. The van der Waals surface area contributed by atoms with Crippen molar-refractivity contribution in [1.82, 2.24) is 9.36 Å². The second-order valence-corrected chi connectivity index (χ2v) is 9.73. The number of rotatable bonds is 11. The molecule has 1 N–H and O–H groups in total. The number of hydrogen-bond acceptors (Lipinski definition) is 11. The number of sulfone groups is 1. The molecule has 11 nitrogen and oxygen atoms in total. The number of nitrogens with zero attached hydrogens (tertiary/aromatic N) is 3. The second-order valence-electron chi connectivity index (χ2n) is 7.06. The normalized spacial score (nSPS) is 11.3. The van der Waals surface area contributed by atoms with Crippen molar-refractivity contribution in [1.29, 1.82) is 5.26 Å². The van der Waals surface area contributed by atoms with Gasteiger partial charge in [0.05, 0.1) is 14.2 Å². The zero-order chi connectivity index (χ0) is 26.1. The topological polar surface area (TPSA) is 150 Å². The van der Waals surface area contributed by atoms with Crippen molar-refractivity contribution >= 4 is 38.5 Å². The van der Waals surface area contributed by atoms with Gasteiger partial charge in [0.1, 0.15) is 36.4 Å². The molecule has 36 heavy (non-hydrogen) atoms. The van der Waals surface area contributed by atoms with Crippen LogP contribution in [0.25, 0.3) is 6.08 Å². The lowest BCUT2D eigenvalue weighted by Crippen LogP contribution is -2.13. The maximum Gasteiger partial charge on any atom is 0.268 e. The standard InChI is InChI=1S/C23H22N4O7S2/c1-31-17-5-4-6-18(13-17)33-9-10-34-19-8-7-15(12-20(19)32-2)11-16(14-24)21(28)25-22-26-23(27-35-22)36(3,29)30/h4-8,11-13H,9-10H2,1-3H3,(H,25,26,27,28). The zero-order valence-electron chi connectivity index (χ0n) is 19.5. The Labute approximate surface area is 212 Å². The molecular formula is C23H22N4O7S2.